The molecule has 0 unspecified atom stereocenters. The zero-order chi connectivity index (χ0) is 26.8. The molecule has 0 atom stereocenters. The second kappa shape index (κ2) is 14.1. The van der Waals surface area contributed by atoms with Crippen LogP contribution in [-0.2, 0) is 10.0 Å². The van der Waals surface area contributed by atoms with Crippen molar-refractivity contribution in [2.24, 2.45) is 17.8 Å². The lowest BCUT2D eigenvalue weighted by atomic mass is 9.76. The first-order valence-corrected chi connectivity index (χ1v) is 16.5. The highest BCUT2D eigenvalue weighted by Crippen LogP contribution is 2.36. The molecule has 0 spiro atoms. The summed E-state index contributed by atoms with van der Waals surface area (Å²) in [6, 6.07) is 5.59. The molecule has 2 aliphatic rings. The van der Waals surface area contributed by atoms with E-state index in [2.05, 4.69) is 21.5 Å². The van der Waals surface area contributed by atoms with Crippen molar-refractivity contribution in [2.75, 3.05) is 4.72 Å². The van der Waals surface area contributed by atoms with Gasteiger partial charge in [0.25, 0.3) is 10.0 Å². The van der Waals surface area contributed by atoms with Crippen LogP contribution in [0.4, 0.5) is 5.69 Å². The molecule has 4 rings (SSSR count). The summed E-state index contributed by atoms with van der Waals surface area (Å²) in [6.07, 6.45) is 21.3. The highest BCUT2D eigenvalue weighted by molar-refractivity contribution is 7.94. The largest absolute Gasteiger partial charge is 0.478 e. The van der Waals surface area contributed by atoms with E-state index in [1.807, 2.05) is 0 Å². The molecule has 206 valence electrons. The lowest BCUT2D eigenvalue weighted by Gasteiger charge is -2.30. The lowest BCUT2D eigenvalue weighted by molar-refractivity contribution is 0.0697. The first-order chi connectivity index (χ1) is 18.4. The van der Waals surface area contributed by atoms with Gasteiger partial charge in [-0.25, -0.2) is 18.2 Å². The maximum atomic E-state index is 12.8. The lowest BCUT2D eigenvalue weighted by Crippen LogP contribution is -2.17. The normalized spacial score (nSPS) is 22.3. The van der Waals surface area contributed by atoms with Crippen LogP contribution in [0.1, 0.15) is 112 Å². The fourth-order valence-electron chi connectivity index (χ4n) is 5.95. The Kier molecular flexibility index (Phi) is 10.7. The molecule has 2 N–H and O–H groups in total. The minimum Gasteiger partial charge on any atom is -0.478 e. The SMILES string of the molecule is O=C(O)c1ccc(NS(=O)(=O)c2cnc(C#CC3CCCCC(C4CCCCCCC4)CCCC3)s2)cc1. The van der Waals surface area contributed by atoms with Crippen molar-refractivity contribution < 1.29 is 18.3 Å². The van der Waals surface area contributed by atoms with Crippen molar-refractivity contribution in [3.8, 4) is 11.8 Å². The van der Waals surface area contributed by atoms with E-state index in [-0.39, 0.29) is 9.77 Å². The quantitative estimate of drug-likeness (QED) is 0.368. The van der Waals surface area contributed by atoms with E-state index in [1.54, 1.807) is 0 Å². The molecule has 6 nitrogen and oxygen atoms in total. The number of aromatic nitrogens is 1. The molecule has 0 saturated heterocycles. The van der Waals surface area contributed by atoms with Gasteiger partial charge in [-0.2, -0.15) is 0 Å². The Morgan fingerprint density at radius 1 is 0.842 bits per heavy atom. The van der Waals surface area contributed by atoms with E-state index < -0.39 is 16.0 Å². The molecule has 0 radical (unpaired) electrons. The van der Waals surface area contributed by atoms with Crippen LogP contribution in [0.3, 0.4) is 0 Å². The van der Waals surface area contributed by atoms with Crippen molar-refractivity contribution >= 4 is 33.0 Å². The van der Waals surface area contributed by atoms with Crippen LogP contribution in [-0.4, -0.2) is 24.5 Å². The summed E-state index contributed by atoms with van der Waals surface area (Å²) in [5.41, 5.74) is 0.396. The zero-order valence-electron chi connectivity index (χ0n) is 22.2. The molecule has 0 amide bonds. The topological polar surface area (TPSA) is 96.4 Å². The Hall–Kier alpha value is -2.37. The molecule has 2 aliphatic carbocycles. The number of hydrogen-bond acceptors (Lipinski definition) is 5. The van der Waals surface area contributed by atoms with Crippen molar-refractivity contribution in [3.63, 3.8) is 0 Å². The number of hydrogen-bond donors (Lipinski definition) is 2. The Labute approximate surface area is 231 Å². The summed E-state index contributed by atoms with van der Waals surface area (Å²) in [5, 5.41) is 9.51. The van der Waals surface area contributed by atoms with E-state index in [4.69, 9.17) is 5.11 Å². The van der Waals surface area contributed by atoms with Gasteiger partial charge in [0, 0.05) is 11.6 Å². The summed E-state index contributed by atoms with van der Waals surface area (Å²) in [6.45, 7) is 0. The highest BCUT2D eigenvalue weighted by atomic mass is 32.2. The van der Waals surface area contributed by atoms with Crippen LogP contribution in [0, 0.1) is 29.6 Å². The van der Waals surface area contributed by atoms with Gasteiger partial charge < -0.3 is 5.11 Å². The van der Waals surface area contributed by atoms with Crippen LogP contribution in [0.15, 0.2) is 34.7 Å². The number of aromatic carboxylic acids is 1. The highest BCUT2D eigenvalue weighted by Gasteiger charge is 2.23. The molecule has 38 heavy (non-hydrogen) atoms. The molecule has 1 aromatic heterocycles. The molecule has 2 aromatic rings. The molecule has 0 bridgehead atoms. The van der Waals surface area contributed by atoms with Crippen LogP contribution in [0.2, 0.25) is 0 Å². The van der Waals surface area contributed by atoms with Crippen molar-refractivity contribution in [2.45, 2.75) is 101 Å². The predicted octanol–water partition coefficient (Wildman–Crippen LogP) is 7.72. The Balaban J connectivity index is 1.30. The summed E-state index contributed by atoms with van der Waals surface area (Å²) in [5.74, 6) is 7.68. The summed E-state index contributed by atoms with van der Waals surface area (Å²) in [7, 11) is -3.82. The van der Waals surface area contributed by atoms with Crippen LogP contribution < -0.4 is 4.72 Å². The molecular weight excluding hydrogens is 516 g/mol. The number of thiazole rings is 1. The number of anilines is 1. The van der Waals surface area contributed by atoms with Gasteiger partial charge in [-0.05, 0) is 54.9 Å². The van der Waals surface area contributed by atoms with Gasteiger partial charge in [0.15, 0.2) is 9.22 Å². The second-order valence-electron chi connectivity index (χ2n) is 10.9. The fraction of sp³-hybridized carbons (Fsp3) is 0.600. The third kappa shape index (κ3) is 8.57. The monoisotopic (exact) mass is 556 g/mol. The van der Waals surface area contributed by atoms with E-state index in [0.717, 1.165) is 36.0 Å². The van der Waals surface area contributed by atoms with Crippen molar-refractivity contribution in [1.29, 1.82) is 0 Å². The Morgan fingerprint density at radius 3 is 1.95 bits per heavy atom. The maximum absolute atomic E-state index is 12.8. The summed E-state index contributed by atoms with van der Waals surface area (Å²) < 4.78 is 28.1. The molecule has 0 aliphatic heterocycles. The fourth-order valence-corrected chi connectivity index (χ4v) is 8.00. The number of sulfonamides is 1. The van der Waals surface area contributed by atoms with Gasteiger partial charge in [-0.3, -0.25) is 4.72 Å². The standard InChI is InChI=1S/C30H40N2O4S2/c33-30(34)26-17-19-27(20-18-26)32-38(35,36)29-22-31-28(37-29)21-16-23-10-6-8-14-25(15-9-7-11-23)24-12-4-2-1-3-5-13-24/h17-20,22-25,32H,1-15H2,(H,33,34). The second-order valence-corrected chi connectivity index (χ2v) is 13.8. The third-order valence-corrected chi connectivity index (χ3v) is 10.8. The Bertz CT molecular complexity index is 1190. The first kappa shape index (κ1) is 28.6. The number of nitrogens with one attached hydrogen (secondary N) is 1. The van der Waals surface area contributed by atoms with Gasteiger partial charge in [0.1, 0.15) is 0 Å². The van der Waals surface area contributed by atoms with Crippen LogP contribution in [0.25, 0.3) is 0 Å². The van der Waals surface area contributed by atoms with E-state index in [9.17, 15) is 13.2 Å². The number of carboxylic acids is 1. The number of rotatable bonds is 5. The smallest absolute Gasteiger partial charge is 0.335 e. The number of carbonyl (C=O) groups is 1. The predicted molar refractivity (Wildman–Crippen MR) is 153 cm³/mol. The third-order valence-electron chi connectivity index (χ3n) is 8.09. The average molecular weight is 557 g/mol. The molecule has 1 heterocycles. The molecule has 8 heteroatoms. The maximum Gasteiger partial charge on any atom is 0.335 e. The van der Waals surface area contributed by atoms with E-state index >= 15 is 0 Å². The van der Waals surface area contributed by atoms with Crippen LogP contribution in [0.5, 0.6) is 0 Å². The number of benzene rings is 1. The van der Waals surface area contributed by atoms with Gasteiger partial charge >= 0.3 is 5.97 Å². The van der Waals surface area contributed by atoms with Crippen LogP contribution >= 0.6 is 11.3 Å². The van der Waals surface area contributed by atoms with E-state index in [0.29, 0.717) is 16.6 Å². The molecule has 2 saturated carbocycles. The van der Waals surface area contributed by atoms with Crippen molar-refractivity contribution in [3.05, 3.63) is 41.0 Å². The summed E-state index contributed by atoms with van der Waals surface area (Å²) >= 11 is 1.06. The molecular formula is C30H40N2O4S2. The van der Waals surface area contributed by atoms with Gasteiger partial charge in [0.2, 0.25) is 0 Å². The van der Waals surface area contributed by atoms with Crippen molar-refractivity contribution in [1.82, 2.24) is 4.98 Å². The first-order valence-electron chi connectivity index (χ1n) is 14.2. The summed E-state index contributed by atoms with van der Waals surface area (Å²) in [4.78, 5) is 15.2. The average Bonchev–Trinajstić information content (AvgIpc) is 3.37. The van der Waals surface area contributed by atoms with E-state index in [1.165, 1.54) is 114 Å². The van der Waals surface area contributed by atoms with Gasteiger partial charge in [-0.1, -0.05) is 101 Å². The number of carboxylic acid groups (broad SMARTS) is 1. The minimum atomic E-state index is -3.82. The molecule has 1 aromatic carbocycles. The van der Waals surface area contributed by atoms with Gasteiger partial charge in [-0.15, -0.1) is 0 Å². The molecule has 2 fully saturated rings. The Morgan fingerprint density at radius 2 is 1.37 bits per heavy atom. The number of nitrogens with zero attached hydrogens (tertiary/aromatic N) is 1. The minimum absolute atomic E-state index is 0.0929. The zero-order valence-corrected chi connectivity index (χ0v) is 23.8. The van der Waals surface area contributed by atoms with Gasteiger partial charge in [0.05, 0.1) is 11.8 Å².